The number of hydrogen-bond donors (Lipinski definition) is 1. The van der Waals surface area contributed by atoms with Gasteiger partial charge in [-0.05, 0) is 18.4 Å². The Morgan fingerprint density at radius 1 is 0.963 bits per heavy atom. The zero-order chi connectivity index (χ0) is 18.7. The average molecular weight is 370 g/mol. The molecule has 1 aliphatic carbocycles. The maximum Gasteiger partial charge on any atom is 0.221 e. The Morgan fingerprint density at radius 3 is 2.33 bits per heavy atom. The van der Waals surface area contributed by atoms with E-state index in [2.05, 4.69) is 51.5 Å². The summed E-state index contributed by atoms with van der Waals surface area (Å²) < 4.78 is 0. The first-order valence-electron chi connectivity index (χ1n) is 10.8. The van der Waals surface area contributed by atoms with Crippen LogP contribution in [0.1, 0.15) is 50.5 Å². The van der Waals surface area contributed by atoms with Gasteiger partial charge in [-0.2, -0.15) is 0 Å². The van der Waals surface area contributed by atoms with Crippen LogP contribution in [0.2, 0.25) is 0 Å². The number of rotatable bonds is 7. The van der Waals surface area contributed by atoms with E-state index < -0.39 is 0 Å². The molecule has 1 aliphatic heterocycles. The first-order valence-corrected chi connectivity index (χ1v) is 10.8. The maximum absolute atomic E-state index is 12.2. The van der Waals surface area contributed by atoms with Crippen molar-refractivity contribution >= 4 is 12.0 Å². The molecule has 0 radical (unpaired) electrons. The minimum absolute atomic E-state index is 0.245. The highest BCUT2D eigenvalue weighted by Crippen LogP contribution is 2.17. The molecule has 0 unspecified atom stereocenters. The molecule has 0 atom stereocenters. The molecule has 2 fully saturated rings. The number of nitrogens with one attached hydrogen (secondary N) is 1. The lowest BCUT2D eigenvalue weighted by Crippen LogP contribution is -2.47. The number of benzene rings is 1. The molecule has 27 heavy (non-hydrogen) atoms. The molecule has 1 N–H and O–H groups in total. The van der Waals surface area contributed by atoms with Crippen LogP contribution in [0, 0.1) is 0 Å². The van der Waals surface area contributed by atoms with Crippen molar-refractivity contribution < 1.29 is 4.79 Å². The second kappa shape index (κ2) is 11.3. The third kappa shape index (κ3) is 7.47. The molecule has 1 saturated carbocycles. The largest absolute Gasteiger partial charge is 0.353 e. The van der Waals surface area contributed by atoms with E-state index >= 15 is 0 Å². The van der Waals surface area contributed by atoms with E-state index in [1.807, 2.05) is 6.07 Å². The van der Waals surface area contributed by atoms with Crippen LogP contribution in [0.5, 0.6) is 0 Å². The van der Waals surface area contributed by atoms with Gasteiger partial charge in [-0.1, -0.05) is 68.2 Å². The van der Waals surface area contributed by atoms with Crippen LogP contribution in [-0.2, 0) is 4.79 Å². The Hall–Kier alpha value is -1.65. The van der Waals surface area contributed by atoms with Crippen LogP contribution in [-0.4, -0.2) is 61.0 Å². The fourth-order valence-corrected chi connectivity index (χ4v) is 4.08. The molecule has 2 aliphatic rings. The van der Waals surface area contributed by atoms with Gasteiger partial charge in [0, 0.05) is 51.7 Å². The molecule has 1 aromatic carbocycles. The van der Waals surface area contributed by atoms with Gasteiger partial charge in [0.25, 0.3) is 0 Å². The lowest BCUT2D eigenvalue weighted by atomic mass is 10.1. The minimum Gasteiger partial charge on any atom is -0.353 e. The molecule has 0 bridgehead atoms. The third-order valence-electron chi connectivity index (χ3n) is 5.81. The fraction of sp³-hybridized carbons (Fsp3) is 0.609. The average Bonchev–Trinajstić information content (AvgIpc) is 2.97. The first-order chi connectivity index (χ1) is 13.3. The van der Waals surface area contributed by atoms with Crippen molar-refractivity contribution in [3.05, 3.63) is 42.0 Å². The molecule has 3 rings (SSSR count). The molecule has 1 amide bonds. The number of carbonyl (C=O) groups excluding carboxylic acids is 1. The molecular formula is C23H35N3O. The van der Waals surface area contributed by atoms with Gasteiger partial charge in [-0.15, -0.1) is 0 Å². The van der Waals surface area contributed by atoms with Gasteiger partial charge in [-0.25, -0.2) is 0 Å². The summed E-state index contributed by atoms with van der Waals surface area (Å²) in [4.78, 5) is 17.2. The zero-order valence-electron chi connectivity index (χ0n) is 16.6. The topological polar surface area (TPSA) is 35.6 Å². The van der Waals surface area contributed by atoms with Crippen molar-refractivity contribution in [2.24, 2.45) is 0 Å². The van der Waals surface area contributed by atoms with Crippen LogP contribution in [0.4, 0.5) is 0 Å². The summed E-state index contributed by atoms with van der Waals surface area (Å²) in [7, 11) is 0. The summed E-state index contributed by atoms with van der Waals surface area (Å²) in [5.74, 6) is 0.245. The van der Waals surface area contributed by atoms with E-state index in [1.54, 1.807) is 0 Å². The molecule has 1 aromatic rings. The van der Waals surface area contributed by atoms with Gasteiger partial charge in [0.1, 0.15) is 0 Å². The smallest absolute Gasteiger partial charge is 0.221 e. The molecule has 0 aromatic heterocycles. The summed E-state index contributed by atoms with van der Waals surface area (Å²) in [6.45, 7) is 6.20. The standard InChI is InChI=1S/C23H35N3O/c27-23(24-22-12-6-1-2-7-13-22)14-16-26-19-17-25(18-20-26)15-8-11-21-9-4-3-5-10-21/h3-5,8-11,22H,1-2,6-7,12-20H2,(H,24,27)/b11-8+. The summed E-state index contributed by atoms with van der Waals surface area (Å²) in [6, 6.07) is 10.9. The first kappa shape index (κ1) is 20.1. The Kier molecular flexibility index (Phi) is 8.37. The molecule has 4 nitrogen and oxygen atoms in total. The van der Waals surface area contributed by atoms with Crippen LogP contribution in [0.25, 0.3) is 6.08 Å². The molecule has 1 heterocycles. The summed E-state index contributed by atoms with van der Waals surface area (Å²) in [5, 5.41) is 3.27. The quantitative estimate of drug-likeness (QED) is 0.747. The highest BCUT2D eigenvalue weighted by molar-refractivity contribution is 5.76. The fourth-order valence-electron chi connectivity index (χ4n) is 4.08. The molecular weight excluding hydrogens is 334 g/mol. The van der Waals surface area contributed by atoms with E-state index in [1.165, 1.54) is 44.1 Å². The van der Waals surface area contributed by atoms with E-state index in [0.29, 0.717) is 12.5 Å². The van der Waals surface area contributed by atoms with Crippen LogP contribution in [0.3, 0.4) is 0 Å². The van der Waals surface area contributed by atoms with Gasteiger partial charge in [0.15, 0.2) is 0 Å². The lowest BCUT2D eigenvalue weighted by Gasteiger charge is -2.34. The SMILES string of the molecule is O=C(CCN1CCN(C/C=C/c2ccccc2)CC1)NC1CCCCCC1. The summed E-state index contributed by atoms with van der Waals surface area (Å²) >= 11 is 0. The van der Waals surface area contributed by atoms with Crippen LogP contribution in [0.15, 0.2) is 36.4 Å². The Labute approximate surface area is 164 Å². The Bertz CT molecular complexity index is 571. The van der Waals surface area contributed by atoms with Crippen LogP contribution >= 0.6 is 0 Å². The van der Waals surface area contributed by atoms with Gasteiger partial charge in [0.2, 0.25) is 5.91 Å². The number of carbonyl (C=O) groups is 1. The second-order valence-electron chi connectivity index (χ2n) is 7.96. The van der Waals surface area contributed by atoms with Crippen LogP contribution < -0.4 is 5.32 Å². The van der Waals surface area contributed by atoms with E-state index in [0.717, 1.165) is 39.3 Å². The predicted molar refractivity (Wildman–Crippen MR) is 113 cm³/mol. The van der Waals surface area contributed by atoms with Gasteiger partial charge in [0.05, 0.1) is 0 Å². The van der Waals surface area contributed by atoms with Crippen molar-refractivity contribution in [3.8, 4) is 0 Å². The zero-order valence-corrected chi connectivity index (χ0v) is 16.6. The number of piperazine rings is 1. The van der Waals surface area contributed by atoms with E-state index in [-0.39, 0.29) is 5.91 Å². The minimum atomic E-state index is 0.245. The molecule has 1 saturated heterocycles. The van der Waals surface area contributed by atoms with Gasteiger partial charge in [-0.3, -0.25) is 9.69 Å². The monoisotopic (exact) mass is 369 g/mol. The highest BCUT2D eigenvalue weighted by atomic mass is 16.1. The van der Waals surface area contributed by atoms with E-state index in [9.17, 15) is 4.79 Å². The van der Waals surface area contributed by atoms with Crippen molar-refractivity contribution in [3.63, 3.8) is 0 Å². The normalized spacial score (nSPS) is 20.6. The summed E-state index contributed by atoms with van der Waals surface area (Å²) in [5.41, 5.74) is 1.26. The second-order valence-corrected chi connectivity index (χ2v) is 7.96. The van der Waals surface area contributed by atoms with E-state index in [4.69, 9.17) is 0 Å². The number of nitrogens with zero attached hydrogens (tertiary/aromatic N) is 2. The highest BCUT2D eigenvalue weighted by Gasteiger charge is 2.18. The Balaban J connectivity index is 1.29. The summed E-state index contributed by atoms with van der Waals surface area (Å²) in [6.07, 6.45) is 12.6. The molecule has 4 heteroatoms. The third-order valence-corrected chi connectivity index (χ3v) is 5.81. The molecule has 0 spiro atoms. The van der Waals surface area contributed by atoms with Gasteiger partial charge >= 0.3 is 0 Å². The van der Waals surface area contributed by atoms with Crippen molar-refractivity contribution in [1.82, 2.24) is 15.1 Å². The Morgan fingerprint density at radius 2 is 1.63 bits per heavy atom. The molecule has 148 valence electrons. The number of amides is 1. The number of hydrogen-bond acceptors (Lipinski definition) is 3. The van der Waals surface area contributed by atoms with Crippen molar-refractivity contribution in [2.45, 2.75) is 51.0 Å². The lowest BCUT2D eigenvalue weighted by molar-refractivity contribution is -0.122. The van der Waals surface area contributed by atoms with Crippen molar-refractivity contribution in [2.75, 3.05) is 39.3 Å². The van der Waals surface area contributed by atoms with Crippen molar-refractivity contribution in [1.29, 1.82) is 0 Å². The van der Waals surface area contributed by atoms with Gasteiger partial charge < -0.3 is 10.2 Å². The predicted octanol–water partition coefficient (Wildman–Crippen LogP) is 3.55. The maximum atomic E-state index is 12.2.